The molecule has 0 bridgehead atoms. The molecule has 0 radical (unpaired) electrons. The van der Waals surface area contributed by atoms with Crippen LogP contribution in [0.3, 0.4) is 0 Å². The predicted molar refractivity (Wildman–Crippen MR) is 80.8 cm³/mol. The summed E-state index contributed by atoms with van der Waals surface area (Å²) in [5.74, 6) is 0. The van der Waals surface area contributed by atoms with Crippen LogP contribution in [0.1, 0.15) is 17.2 Å². The second-order valence-corrected chi connectivity index (χ2v) is 6.15. The van der Waals surface area contributed by atoms with Gasteiger partial charge in [0.2, 0.25) is 4.38 Å². The third kappa shape index (κ3) is 2.27. The number of benzene rings is 2. The van der Waals surface area contributed by atoms with Crippen molar-refractivity contribution in [3.63, 3.8) is 0 Å². The second kappa shape index (κ2) is 4.96. The second-order valence-electron chi connectivity index (χ2n) is 4.32. The Bertz CT molecular complexity index is 586. The van der Waals surface area contributed by atoms with Gasteiger partial charge >= 0.3 is 0 Å². The van der Waals surface area contributed by atoms with Crippen molar-refractivity contribution in [1.29, 1.82) is 0 Å². The van der Waals surface area contributed by atoms with Crippen LogP contribution in [0.5, 0.6) is 0 Å². The van der Waals surface area contributed by atoms with Crippen LogP contribution in [0.25, 0.3) is 0 Å². The molecule has 1 heterocycles. The number of thioether (sulfide) groups is 1. The lowest BCUT2D eigenvalue weighted by Gasteiger charge is -2.26. The number of hydrogen-bond acceptors (Lipinski definition) is 4. The molecule has 96 valence electrons. The van der Waals surface area contributed by atoms with Crippen molar-refractivity contribution in [3.05, 3.63) is 71.8 Å². The Morgan fingerprint density at radius 3 is 2.21 bits per heavy atom. The topological polar surface area (TPSA) is 29.5 Å². The monoisotopic (exact) mass is 288 g/mol. The smallest absolute Gasteiger partial charge is 0.224 e. The van der Waals surface area contributed by atoms with E-state index in [1.165, 1.54) is 11.8 Å². The Labute approximate surface area is 121 Å². The third-order valence-electron chi connectivity index (χ3n) is 3.10. The first-order chi connectivity index (χ1) is 9.20. The molecular weight excluding hydrogens is 276 g/mol. The van der Waals surface area contributed by atoms with E-state index >= 15 is 0 Å². The lowest BCUT2D eigenvalue weighted by molar-refractivity contribution is 0.0145. The van der Waals surface area contributed by atoms with Crippen molar-refractivity contribution < 1.29 is 9.84 Å². The van der Waals surface area contributed by atoms with Crippen LogP contribution in [0, 0.1) is 0 Å². The molecule has 0 spiro atoms. The van der Waals surface area contributed by atoms with Gasteiger partial charge in [-0.05, 0) is 35.1 Å². The maximum Gasteiger partial charge on any atom is 0.224 e. The minimum absolute atomic E-state index is 0.375. The molecule has 1 fully saturated rings. The highest BCUT2D eigenvalue weighted by molar-refractivity contribution is 8.23. The molecule has 2 aromatic carbocycles. The fraction of sp³-hybridized carbons (Fsp3) is 0.133. The van der Waals surface area contributed by atoms with E-state index in [9.17, 15) is 5.11 Å². The van der Waals surface area contributed by atoms with Gasteiger partial charge in [-0.2, -0.15) is 0 Å². The molecule has 2 atom stereocenters. The van der Waals surface area contributed by atoms with Crippen LogP contribution in [0.4, 0.5) is 0 Å². The van der Waals surface area contributed by atoms with Gasteiger partial charge in [-0.25, -0.2) is 0 Å². The molecule has 3 rings (SSSR count). The molecule has 0 amide bonds. The normalized spacial score (nSPS) is 26.2. The fourth-order valence-electron chi connectivity index (χ4n) is 2.19. The first kappa shape index (κ1) is 12.7. The molecule has 0 aromatic heterocycles. The van der Waals surface area contributed by atoms with E-state index in [1.807, 2.05) is 60.7 Å². The van der Waals surface area contributed by atoms with E-state index in [0.29, 0.717) is 4.38 Å². The molecule has 19 heavy (non-hydrogen) atoms. The summed E-state index contributed by atoms with van der Waals surface area (Å²) in [6.45, 7) is 0. The number of rotatable bonds is 2. The van der Waals surface area contributed by atoms with Gasteiger partial charge in [-0.1, -0.05) is 60.7 Å². The van der Waals surface area contributed by atoms with Crippen LogP contribution in [-0.4, -0.2) is 9.49 Å². The zero-order chi connectivity index (χ0) is 13.3. The molecule has 0 saturated carbocycles. The summed E-state index contributed by atoms with van der Waals surface area (Å²) < 4.78 is 6.04. The van der Waals surface area contributed by atoms with Gasteiger partial charge in [0.05, 0.1) is 0 Å². The van der Waals surface area contributed by atoms with Crippen molar-refractivity contribution in [1.82, 2.24) is 0 Å². The Hall–Kier alpha value is -1.36. The molecule has 1 saturated heterocycles. The Kier molecular flexibility index (Phi) is 3.31. The molecule has 1 aliphatic rings. The maximum absolute atomic E-state index is 11.0. The average molecular weight is 288 g/mol. The van der Waals surface area contributed by atoms with Gasteiger partial charge in [0.1, 0.15) is 0 Å². The van der Waals surface area contributed by atoms with Gasteiger partial charge in [0.15, 0.2) is 11.0 Å². The summed E-state index contributed by atoms with van der Waals surface area (Å²) in [6, 6.07) is 19.2. The van der Waals surface area contributed by atoms with E-state index in [-0.39, 0.29) is 0 Å². The van der Waals surface area contributed by atoms with Crippen LogP contribution in [0.15, 0.2) is 60.7 Å². The molecule has 1 aliphatic heterocycles. The highest BCUT2D eigenvalue weighted by Gasteiger charge is 2.49. The highest BCUT2D eigenvalue weighted by atomic mass is 32.2. The standard InChI is InChI=1S/C15H12O2S2/c16-15(12-9-5-2-6-10-12)13(17-14(18)19-15)11-7-3-1-4-8-11/h1-10,13,16H. The quantitative estimate of drug-likeness (QED) is 0.855. The van der Waals surface area contributed by atoms with Crippen molar-refractivity contribution in [3.8, 4) is 0 Å². The lowest BCUT2D eigenvalue weighted by atomic mass is 9.97. The van der Waals surface area contributed by atoms with Gasteiger partial charge < -0.3 is 9.84 Å². The lowest BCUT2D eigenvalue weighted by Crippen LogP contribution is -2.26. The van der Waals surface area contributed by atoms with E-state index in [2.05, 4.69) is 0 Å². The first-order valence-corrected chi connectivity index (χ1v) is 7.15. The SMILES string of the molecule is OC1(c2ccccc2)SC(=S)OC1c1ccccc1. The van der Waals surface area contributed by atoms with Crippen LogP contribution < -0.4 is 0 Å². The highest BCUT2D eigenvalue weighted by Crippen LogP contribution is 2.52. The van der Waals surface area contributed by atoms with E-state index in [4.69, 9.17) is 17.0 Å². The summed E-state index contributed by atoms with van der Waals surface area (Å²) in [5.41, 5.74) is 1.72. The van der Waals surface area contributed by atoms with Crippen molar-refractivity contribution in [2.24, 2.45) is 0 Å². The van der Waals surface area contributed by atoms with Crippen molar-refractivity contribution in [2.75, 3.05) is 0 Å². The molecule has 2 aromatic rings. The minimum Gasteiger partial charge on any atom is -0.466 e. The summed E-state index contributed by atoms with van der Waals surface area (Å²) in [5, 5.41) is 11.0. The summed E-state index contributed by atoms with van der Waals surface area (Å²) in [7, 11) is 0. The third-order valence-corrected chi connectivity index (χ3v) is 4.47. The predicted octanol–water partition coefficient (Wildman–Crippen LogP) is 3.62. The van der Waals surface area contributed by atoms with E-state index in [0.717, 1.165) is 11.1 Å². The summed E-state index contributed by atoms with van der Waals surface area (Å²) in [6.07, 6.45) is -0.478. The van der Waals surface area contributed by atoms with Gasteiger partial charge in [-0.3, -0.25) is 0 Å². The van der Waals surface area contributed by atoms with Crippen molar-refractivity contribution in [2.45, 2.75) is 11.0 Å². The average Bonchev–Trinajstić information content (AvgIpc) is 2.77. The van der Waals surface area contributed by atoms with Crippen LogP contribution in [0.2, 0.25) is 0 Å². The summed E-state index contributed by atoms with van der Waals surface area (Å²) in [4.78, 5) is -1.17. The molecule has 0 aliphatic carbocycles. The van der Waals surface area contributed by atoms with Gasteiger partial charge in [0, 0.05) is 0 Å². The molecular formula is C15H12O2S2. The molecule has 2 nitrogen and oxygen atoms in total. The number of ether oxygens (including phenoxy) is 1. The van der Waals surface area contributed by atoms with Crippen molar-refractivity contribution >= 4 is 28.4 Å². The fourth-order valence-corrected chi connectivity index (χ4v) is 3.61. The molecule has 2 unspecified atom stereocenters. The van der Waals surface area contributed by atoms with Gasteiger partial charge in [-0.15, -0.1) is 0 Å². The molecule has 1 N–H and O–H groups in total. The van der Waals surface area contributed by atoms with Crippen LogP contribution >= 0.6 is 24.0 Å². The van der Waals surface area contributed by atoms with E-state index < -0.39 is 11.0 Å². The first-order valence-electron chi connectivity index (χ1n) is 5.92. The van der Waals surface area contributed by atoms with Crippen LogP contribution in [-0.2, 0) is 9.67 Å². The Morgan fingerprint density at radius 1 is 1.00 bits per heavy atom. The molecule has 4 heteroatoms. The van der Waals surface area contributed by atoms with E-state index in [1.54, 1.807) is 0 Å². The number of aliphatic hydroxyl groups is 1. The maximum atomic E-state index is 11.0. The van der Waals surface area contributed by atoms with Gasteiger partial charge in [0.25, 0.3) is 0 Å². The Balaban J connectivity index is 2.06. The largest absolute Gasteiger partial charge is 0.466 e. The number of hydrogen-bond donors (Lipinski definition) is 1. The minimum atomic E-state index is -1.17. The Morgan fingerprint density at radius 2 is 1.58 bits per heavy atom. The summed E-state index contributed by atoms with van der Waals surface area (Å²) >= 11 is 6.31. The zero-order valence-electron chi connectivity index (χ0n) is 10.0. The zero-order valence-corrected chi connectivity index (χ0v) is 11.7. The number of thiocarbonyl (C=S) groups is 1.